The number of ether oxygens (including phenoxy) is 4. The molecule has 0 aromatic rings. The number of esters is 1. The minimum atomic E-state index is -1.98. The molecule has 15 heteroatoms. The van der Waals surface area contributed by atoms with E-state index in [0.717, 1.165) is 11.1 Å². The molecule has 7 N–H and O–H groups in total. The van der Waals surface area contributed by atoms with Crippen LogP contribution in [0.4, 0.5) is 4.39 Å². The van der Waals surface area contributed by atoms with Gasteiger partial charge in [0.05, 0.1) is 37.6 Å². The molecule has 20 atom stereocenters. The molecular weight excluding hydrogens is 928 g/mol. The number of hydrogen-bond donors (Lipinski definition) is 7. The monoisotopic (exact) mass is 1010 g/mol. The smallest absolute Gasteiger partial charge is 0.373 e. The number of carbonyl (C=O) groups is 3. The number of allylic oxidation sites excluding steroid dienone is 9. The Hall–Kier alpha value is -3.38. The van der Waals surface area contributed by atoms with Gasteiger partial charge in [0.1, 0.15) is 24.4 Å². The van der Waals surface area contributed by atoms with Crippen molar-refractivity contribution < 1.29 is 73.5 Å². The zero-order valence-electron chi connectivity index (χ0n) is 45.2. The number of Topliss-reactive ketones (excluding diaryl/α,β-unsaturated/α-hetero) is 1. The Balaban J connectivity index is 0.000000293. The Kier molecular flexibility index (Phi) is 18.9. The van der Waals surface area contributed by atoms with Crippen LogP contribution in [0.25, 0.3) is 0 Å². The SMILES string of the molecule is CO/C1=C\C(C)=C\[C@@H](C)[C@@H](O)[C@@H](C)C/C(C)=C/C=C/[C@H](OC)[C@@H]([C@@H](C)[C@@H](O)[C@H](C)[C@@]2(O)C[C@@H](O)[C@H](C)[C@@H](C(C)C)O2)OC1=O.C[C@@H]1C[C@H]2[C@@H]3CCC4=CC(=O)C=C[C@]4(C)[C@@]3(F)[C@@H](O)C[C@]2(C)[C@@]1(O)C(=O)CO. The number of methoxy groups -OCH3 is 2. The van der Waals surface area contributed by atoms with Gasteiger partial charge in [-0.25, -0.2) is 9.18 Å². The second kappa shape index (κ2) is 22.8. The van der Waals surface area contributed by atoms with Crippen LogP contribution >= 0.6 is 0 Å². The number of fused-ring (bicyclic) bond motifs is 5. The van der Waals surface area contributed by atoms with Crippen LogP contribution in [0.5, 0.6) is 0 Å². The van der Waals surface area contributed by atoms with Gasteiger partial charge in [0.2, 0.25) is 5.76 Å². The number of carbonyl (C=O) groups excluding carboxylic acids is 3. The summed E-state index contributed by atoms with van der Waals surface area (Å²) in [6, 6.07) is 0. The number of ketones is 2. The van der Waals surface area contributed by atoms with Crippen LogP contribution in [0.1, 0.15) is 122 Å². The van der Waals surface area contributed by atoms with E-state index in [9.17, 15) is 50.1 Å². The molecule has 0 aromatic carbocycles. The molecule has 2 aliphatic heterocycles. The molecule has 1 saturated heterocycles. The maximum Gasteiger partial charge on any atom is 0.373 e. The first-order chi connectivity index (χ1) is 33.4. The summed E-state index contributed by atoms with van der Waals surface area (Å²) in [5.41, 5.74) is -3.39. The summed E-state index contributed by atoms with van der Waals surface area (Å²) in [7, 11) is 2.87. The van der Waals surface area contributed by atoms with E-state index in [0.29, 0.717) is 31.3 Å². The highest BCUT2D eigenvalue weighted by Gasteiger charge is 2.75. The van der Waals surface area contributed by atoms with Crippen molar-refractivity contribution in [3.63, 3.8) is 0 Å². The van der Waals surface area contributed by atoms with Crippen molar-refractivity contribution in [3.8, 4) is 0 Å². The fourth-order valence-electron chi connectivity index (χ4n) is 13.8. The topological polar surface area (TPSA) is 230 Å². The van der Waals surface area contributed by atoms with Gasteiger partial charge in [0, 0.05) is 54.0 Å². The molecule has 0 spiro atoms. The minimum Gasteiger partial charge on any atom is -0.490 e. The van der Waals surface area contributed by atoms with Gasteiger partial charge in [-0.15, -0.1) is 0 Å². The predicted molar refractivity (Wildman–Crippen MR) is 270 cm³/mol. The molecule has 4 aliphatic carbocycles. The Bertz CT molecular complexity index is 2160. The molecule has 6 aliphatic rings. The average Bonchev–Trinajstić information content (AvgIpc) is 3.52. The lowest BCUT2D eigenvalue weighted by Crippen LogP contribution is -2.69. The molecule has 0 unspecified atom stereocenters. The molecule has 6 rings (SSSR count). The number of cyclic esters (lactones) is 1. The summed E-state index contributed by atoms with van der Waals surface area (Å²) in [6.07, 6.45) is 9.29. The number of halogens is 1. The van der Waals surface area contributed by atoms with Gasteiger partial charge >= 0.3 is 5.97 Å². The van der Waals surface area contributed by atoms with Crippen molar-refractivity contribution in [3.05, 3.63) is 71.1 Å². The second-order valence-electron chi connectivity index (χ2n) is 23.3. The molecule has 2 heterocycles. The third-order valence-corrected chi connectivity index (χ3v) is 18.3. The van der Waals surface area contributed by atoms with Gasteiger partial charge in [0.25, 0.3) is 0 Å². The first-order valence-electron chi connectivity index (χ1n) is 26.1. The maximum absolute atomic E-state index is 16.9. The third kappa shape index (κ3) is 10.8. The first kappa shape index (κ1) is 59.5. The molecule has 3 saturated carbocycles. The molecule has 0 amide bonds. The van der Waals surface area contributed by atoms with Crippen LogP contribution in [-0.2, 0) is 33.3 Å². The van der Waals surface area contributed by atoms with Crippen LogP contribution < -0.4 is 0 Å². The normalized spacial score (nSPS) is 45.6. The highest BCUT2D eigenvalue weighted by atomic mass is 19.1. The van der Waals surface area contributed by atoms with Crippen molar-refractivity contribution in [1.82, 2.24) is 0 Å². The van der Waals surface area contributed by atoms with Gasteiger partial charge in [-0.1, -0.05) is 109 Å². The lowest BCUT2D eigenvalue weighted by molar-refractivity contribution is -0.328. The minimum absolute atomic E-state index is 0.00492. The van der Waals surface area contributed by atoms with Crippen LogP contribution in [0.15, 0.2) is 71.1 Å². The van der Waals surface area contributed by atoms with Gasteiger partial charge in [-0.2, -0.15) is 0 Å². The highest BCUT2D eigenvalue weighted by Crippen LogP contribution is 2.70. The number of aliphatic hydroxyl groups excluding tert-OH is 5. The van der Waals surface area contributed by atoms with Crippen molar-refractivity contribution >= 4 is 17.5 Å². The molecule has 0 bridgehead atoms. The fraction of sp³-hybridized carbons (Fsp3) is 0.737. The lowest BCUT2D eigenvalue weighted by Gasteiger charge is -2.62. The largest absolute Gasteiger partial charge is 0.490 e. The molecular formula is C57H87FO14. The van der Waals surface area contributed by atoms with Crippen LogP contribution in [-0.4, -0.2) is 134 Å². The summed E-state index contributed by atoms with van der Waals surface area (Å²) in [4.78, 5) is 37.9. The van der Waals surface area contributed by atoms with E-state index in [4.69, 9.17) is 18.9 Å². The molecule has 406 valence electrons. The van der Waals surface area contributed by atoms with Gasteiger partial charge < -0.3 is 54.7 Å². The molecule has 4 fully saturated rings. The van der Waals surface area contributed by atoms with E-state index in [1.165, 1.54) is 26.4 Å². The van der Waals surface area contributed by atoms with E-state index in [2.05, 4.69) is 0 Å². The first-order valence-corrected chi connectivity index (χ1v) is 26.1. The number of alkyl halides is 1. The zero-order chi connectivity index (χ0) is 54.2. The number of rotatable bonds is 9. The van der Waals surface area contributed by atoms with E-state index < -0.39 is 113 Å². The number of aliphatic hydroxyl groups is 7. The maximum atomic E-state index is 16.9. The van der Waals surface area contributed by atoms with Gasteiger partial charge in [-0.3, -0.25) is 9.59 Å². The Morgan fingerprint density at radius 2 is 1.61 bits per heavy atom. The standard InChI is InChI=1S/C35H58O9.C22H29FO5/c1-19(2)32-24(7)27(36)18-35(40,44-32)26(9)31(38)25(8)33-28(41-10)14-12-13-20(3)15-22(5)30(37)23(6)16-21(4)17-29(42-11)34(39)43-33;1-12-8-16-15-5-4-13-9-14(25)6-7-19(13,2)21(15,23)17(26)10-20(16,3)22(12,28)18(27)11-24/h12-14,16-17,19,22-28,30-33,36-38,40H,15,18H2,1-11H3;6-7,9,12,15-17,24,26,28H,4-5,8,10-11H2,1-3H3/b14-12+,20-13+,21-16+,29-17-;/t22-,23+,24-,25-,26-,27+,28-,30-,31+,32+,33+,35+;12-,15+,16+,17+,19+,20+,21+,22+/m01/s1. The van der Waals surface area contributed by atoms with Crippen molar-refractivity contribution in [2.75, 3.05) is 20.8 Å². The Morgan fingerprint density at radius 3 is 2.21 bits per heavy atom. The van der Waals surface area contributed by atoms with E-state index in [-0.39, 0.29) is 54.0 Å². The van der Waals surface area contributed by atoms with Crippen molar-refractivity contribution in [1.29, 1.82) is 0 Å². The summed E-state index contributed by atoms with van der Waals surface area (Å²) in [5.74, 6) is -6.61. The van der Waals surface area contributed by atoms with E-state index >= 15 is 4.39 Å². The van der Waals surface area contributed by atoms with E-state index in [1.807, 2.05) is 66.7 Å². The summed E-state index contributed by atoms with van der Waals surface area (Å²) >= 11 is 0. The molecule has 72 heavy (non-hydrogen) atoms. The highest BCUT2D eigenvalue weighted by molar-refractivity contribution is 6.01. The Labute approximate surface area is 427 Å². The van der Waals surface area contributed by atoms with Crippen LogP contribution in [0.2, 0.25) is 0 Å². The van der Waals surface area contributed by atoms with Crippen LogP contribution in [0.3, 0.4) is 0 Å². The molecule has 14 nitrogen and oxygen atoms in total. The van der Waals surface area contributed by atoms with E-state index in [1.54, 1.807) is 52.8 Å². The molecule has 0 aromatic heterocycles. The lowest BCUT2D eigenvalue weighted by atomic mass is 9.44. The molecule has 0 radical (unpaired) electrons. The van der Waals surface area contributed by atoms with Gasteiger partial charge in [-0.05, 0) is 94.8 Å². The summed E-state index contributed by atoms with van der Waals surface area (Å²) in [5, 5.41) is 77.0. The quantitative estimate of drug-likeness (QED) is 0.121. The fourth-order valence-corrected chi connectivity index (χ4v) is 13.8. The Morgan fingerprint density at radius 1 is 0.958 bits per heavy atom. The number of hydrogen-bond acceptors (Lipinski definition) is 14. The second-order valence-corrected chi connectivity index (χ2v) is 23.3. The van der Waals surface area contributed by atoms with Crippen molar-refractivity contribution in [2.45, 2.75) is 181 Å². The van der Waals surface area contributed by atoms with Crippen LogP contribution in [0, 0.1) is 64.1 Å². The zero-order valence-corrected chi connectivity index (χ0v) is 45.2. The average molecular weight is 1020 g/mol. The van der Waals surface area contributed by atoms with Gasteiger partial charge in [0.15, 0.2) is 23.0 Å². The summed E-state index contributed by atoms with van der Waals surface area (Å²) in [6.45, 7) is 21.5. The third-order valence-electron chi connectivity index (χ3n) is 18.3. The summed E-state index contributed by atoms with van der Waals surface area (Å²) < 4.78 is 40.2. The van der Waals surface area contributed by atoms with Crippen molar-refractivity contribution in [2.24, 2.45) is 64.1 Å². The predicted octanol–water partition coefficient (Wildman–Crippen LogP) is 6.59.